The lowest BCUT2D eigenvalue weighted by molar-refractivity contribution is 1.01. The van der Waals surface area contributed by atoms with Crippen LogP contribution in [0.2, 0.25) is 0 Å². The summed E-state index contributed by atoms with van der Waals surface area (Å²) < 4.78 is 1.05. The maximum absolute atomic E-state index is 5.89. The number of benzene rings is 1. The van der Waals surface area contributed by atoms with Gasteiger partial charge in [0.05, 0.1) is 16.0 Å². The fourth-order valence-electron chi connectivity index (χ4n) is 1.71. The Labute approximate surface area is 131 Å². The van der Waals surface area contributed by atoms with Gasteiger partial charge in [0.2, 0.25) is 0 Å². The van der Waals surface area contributed by atoms with E-state index in [9.17, 15) is 0 Å². The third-order valence-corrected chi connectivity index (χ3v) is 4.77. The second-order valence-corrected chi connectivity index (χ2v) is 6.75. The molecule has 0 aliphatic heterocycles. The Morgan fingerprint density at radius 3 is 2.95 bits per heavy atom. The summed E-state index contributed by atoms with van der Waals surface area (Å²) in [5.41, 5.74) is 9.11. The van der Waals surface area contributed by atoms with Gasteiger partial charge in [0.1, 0.15) is 5.01 Å². The van der Waals surface area contributed by atoms with Gasteiger partial charge in [-0.05, 0) is 47.0 Å². The van der Waals surface area contributed by atoms with Crippen molar-refractivity contribution in [1.29, 1.82) is 0 Å². The highest BCUT2D eigenvalue weighted by atomic mass is 79.9. The predicted octanol–water partition coefficient (Wildman–Crippen LogP) is 3.70. The van der Waals surface area contributed by atoms with E-state index in [1.807, 2.05) is 19.1 Å². The largest absolute Gasteiger partial charge is 0.370 e. The van der Waals surface area contributed by atoms with E-state index >= 15 is 0 Å². The summed E-state index contributed by atoms with van der Waals surface area (Å²) in [5, 5.41) is 4.05. The quantitative estimate of drug-likeness (QED) is 0.651. The third kappa shape index (κ3) is 4.05. The molecular formula is C14H17BrN4S. The van der Waals surface area contributed by atoms with Crippen LogP contribution < -0.4 is 11.1 Å². The second kappa shape index (κ2) is 6.85. The Balaban J connectivity index is 1.99. The molecule has 0 aliphatic carbocycles. The van der Waals surface area contributed by atoms with Crippen molar-refractivity contribution in [2.24, 2.45) is 10.7 Å². The van der Waals surface area contributed by atoms with Crippen LogP contribution in [0.25, 0.3) is 0 Å². The van der Waals surface area contributed by atoms with E-state index in [0.717, 1.165) is 26.6 Å². The number of thiazole rings is 1. The number of hydrogen-bond acceptors (Lipinski definition) is 3. The lowest BCUT2D eigenvalue weighted by atomic mass is 10.1. The van der Waals surface area contributed by atoms with Crippen molar-refractivity contribution in [2.75, 3.05) is 5.32 Å². The molecule has 0 amide bonds. The zero-order valence-electron chi connectivity index (χ0n) is 11.5. The van der Waals surface area contributed by atoms with Crippen LogP contribution in [-0.2, 0) is 13.0 Å². The van der Waals surface area contributed by atoms with Gasteiger partial charge in [0.15, 0.2) is 5.96 Å². The van der Waals surface area contributed by atoms with Crippen LogP contribution in [0.1, 0.15) is 23.2 Å². The standard InChI is InChI=1S/C14H17BrN4S/c1-3-10-5-4-6-11(7-10)19-14(16)17-8-12-18-9(2)13(15)20-12/h4-7H,3,8H2,1-2H3,(H3,16,17,19). The van der Waals surface area contributed by atoms with Crippen LogP contribution in [0.15, 0.2) is 33.0 Å². The van der Waals surface area contributed by atoms with Gasteiger partial charge >= 0.3 is 0 Å². The monoisotopic (exact) mass is 352 g/mol. The van der Waals surface area contributed by atoms with Crippen molar-refractivity contribution in [2.45, 2.75) is 26.8 Å². The minimum atomic E-state index is 0.405. The fraction of sp³-hybridized carbons (Fsp3) is 0.286. The lowest BCUT2D eigenvalue weighted by Crippen LogP contribution is -2.22. The van der Waals surface area contributed by atoms with Gasteiger partial charge in [0, 0.05) is 5.69 Å². The number of aromatic nitrogens is 1. The first-order valence-electron chi connectivity index (χ1n) is 6.36. The van der Waals surface area contributed by atoms with Gasteiger partial charge in [-0.25, -0.2) is 9.98 Å². The Morgan fingerprint density at radius 1 is 1.50 bits per heavy atom. The summed E-state index contributed by atoms with van der Waals surface area (Å²) in [6.45, 7) is 4.58. The van der Waals surface area contributed by atoms with E-state index in [-0.39, 0.29) is 0 Å². The van der Waals surface area contributed by atoms with Crippen molar-refractivity contribution in [3.05, 3.63) is 44.3 Å². The van der Waals surface area contributed by atoms with Crippen molar-refractivity contribution >= 4 is 38.9 Å². The number of hydrogen-bond donors (Lipinski definition) is 2. The number of anilines is 1. The number of nitrogens with zero attached hydrogens (tertiary/aromatic N) is 2. The maximum Gasteiger partial charge on any atom is 0.193 e. The molecule has 20 heavy (non-hydrogen) atoms. The van der Waals surface area contributed by atoms with Crippen molar-refractivity contribution in [3.63, 3.8) is 0 Å². The molecule has 106 valence electrons. The molecule has 0 aliphatic rings. The number of aryl methyl sites for hydroxylation is 2. The molecule has 0 radical (unpaired) electrons. The highest BCUT2D eigenvalue weighted by Crippen LogP contribution is 2.24. The third-order valence-electron chi connectivity index (χ3n) is 2.78. The zero-order chi connectivity index (χ0) is 14.5. The first-order chi connectivity index (χ1) is 9.58. The molecule has 1 aromatic heterocycles. The molecule has 3 N–H and O–H groups in total. The smallest absolute Gasteiger partial charge is 0.193 e. The van der Waals surface area contributed by atoms with E-state index < -0.39 is 0 Å². The number of halogens is 1. The van der Waals surface area contributed by atoms with E-state index in [1.54, 1.807) is 11.3 Å². The molecule has 0 unspecified atom stereocenters. The van der Waals surface area contributed by atoms with Crippen LogP contribution in [0.3, 0.4) is 0 Å². The van der Waals surface area contributed by atoms with Gasteiger partial charge in [-0.2, -0.15) is 0 Å². The van der Waals surface area contributed by atoms with E-state index in [2.05, 4.69) is 50.3 Å². The van der Waals surface area contributed by atoms with Gasteiger partial charge in [-0.3, -0.25) is 0 Å². The average molecular weight is 353 g/mol. The summed E-state index contributed by atoms with van der Waals surface area (Å²) in [5.74, 6) is 0.405. The SMILES string of the molecule is CCc1cccc(NC(N)=NCc2nc(C)c(Br)s2)c1. The molecule has 1 heterocycles. The van der Waals surface area contributed by atoms with Crippen LogP contribution in [0.4, 0.5) is 5.69 Å². The Bertz CT molecular complexity index is 602. The van der Waals surface area contributed by atoms with E-state index in [0.29, 0.717) is 12.5 Å². The summed E-state index contributed by atoms with van der Waals surface area (Å²) in [7, 11) is 0. The highest BCUT2D eigenvalue weighted by molar-refractivity contribution is 9.11. The first kappa shape index (κ1) is 15.0. The Hall–Kier alpha value is -1.40. The average Bonchev–Trinajstić information content (AvgIpc) is 2.76. The number of guanidine groups is 1. The molecule has 0 saturated carbocycles. The normalized spacial score (nSPS) is 11.7. The molecule has 0 bridgehead atoms. The number of nitrogens with two attached hydrogens (primary N) is 1. The molecule has 0 spiro atoms. The number of aliphatic imine (C=N–C) groups is 1. The van der Waals surface area contributed by atoms with Crippen LogP contribution in [-0.4, -0.2) is 10.9 Å². The van der Waals surface area contributed by atoms with Gasteiger partial charge in [-0.15, -0.1) is 11.3 Å². The van der Waals surface area contributed by atoms with Gasteiger partial charge < -0.3 is 11.1 Å². The zero-order valence-corrected chi connectivity index (χ0v) is 13.9. The summed E-state index contributed by atoms with van der Waals surface area (Å²) in [4.78, 5) is 8.71. The molecule has 2 rings (SSSR count). The summed E-state index contributed by atoms with van der Waals surface area (Å²) in [6.07, 6.45) is 0.999. The molecule has 0 saturated heterocycles. The molecule has 4 nitrogen and oxygen atoms in total. The van der Waals surface area contributed by atoms with Crippen LogP contribution in [0.5, 0.6) is 0 Å². The second-order valence-electron chi connectivity index (χ2n) is 4.35. The topological polar surface area (TPSA) is 63.3 Å². The molecule has 0 atom stereocenters. The van der Waals surface area contributed by atoms with Gasteiger partial charge in [-0.1, -0.05) is 19.1 Å². The van der Waals surface area contributed by atoms with Crippen molar-refractivity contribution in [1.82, 2.24) is 4.98 Å². The van der Waals surface area contributed by atoms with Gasteiger partial charge in [0.25, 0.3) is 0 Å². The summed E-state index contributed by atoms with van der Waals surface area (Å²) >= 11 is 5.04. The Kier molecular flexibility index (Phi) is 5.14. The van der Waals surface area contributed by atoms with E-state index in [1.165, 1.54) is 5.56 Å². The summed E-state index contributed by atoms with van der Waals surface area (Å²) in [6, 6.07) is 8.16. The fourth-order valence-corrected chi connectivity index (χ4v) is 3.07. The van der Waals surface area contributed by atoms with Crippen LogP contribution in [0, 0.1) is 6.92 Å². The maximum atomic E-state index is 5.89. The predicted molar refractivity (Wildman–Crippen MR) is 89.3 cm³/mol. The lowest BCUT2D eigenvalue weighted by Gasteiger charge is -2.06. The molecular weight excluding hydrogens is 336 g/mol. The van der Waals surface area contributed by atoms with Crippen molar-refractivity contribution < 1.29 is 0 Å². The van der Waals surface area contributed by atoms with Crippen LogP contribution >= 0.6 is 27.3 Å². The number of rotatable bonds is 4. The molecule has 2 aromatic rings. The van der Waals surface area contributed by atoms with E-state index in [4.69, 9.17) is 5.73 Å². The molecule has 0 fully saturated rings. The minimum absolute atomic E-state index is 0.405. The molecule has 1 aromatic carbocycles. The number of nitrogens with one attached hydrogen (secondary N) is 1. The highest BCUT2D eigenvalue weighted by Gasteiger charge is 2.04. The van der Waals surface area contributed by atoms with Crippen molar-refractivity contribution in [3.8, 4) is 0 Å². The molecule has 6 heteroatoms. The Morgan fingerprint density at radius 2 is 2.30 bits per heavy atom. The first-order valence-corrected chi connectivity index (χ1v) is 7.97. The minimum Gasteiger partial charge on any atom is -0.370 e.